The maximum Gasteiger partial charge on any atom is 0.337 e. The third kappa shape index (κ3) is 2.84. The number of hydrogen-bond acceptors (Lipinski definition) is 3. The molecule has 2 rings (SSSR count). The molecule has 1 saturated heterocycles. The van der Waals surface area contributed by atoms with Gasteiger partial charge in [0.1, 0.15) is 5.75 Å². The number of phenols is 1. The van der Waals surface area contributed by atoms with Crippen LogP contribution in [0.25, 0.3) is 0 Å². The molecule has 0 bridgehead atoms. The first-order valence-electron chi connectivity index (χ1n) is 6.67. The van der Waals surface area contributed by atoms with Crippen molar-refractivity contribution in [1.29, 1.82) is 0 Å². The molecule has 1 heterocycles. The minimum absolute atomic E-state index is 0.120. The number of carbonyl (C=O) groups excluding carboxylic acids is 1. The summed E-state index contributed by atoms with van der Waals surface area (Å²) in [6, 6.07) is 3.79. The fourth-order valence-electron chi connectivity index (χ4n) is 2.53. The largest absolute Gasteiger partial charge is 0.508 e. The molecule has 1 aromatic rings. The number of urea groups is 1. The summed E-state index contributed by atoms with van der Waals surface area (Å²) in [6.45, 7) is 2.71. The summed E-state index contributed by atoms with van der Waals surface area (Å²) in [6.07, 6.45) is 2.83. The zero-order valence-corrected chi connectivity index (χ0v) is 11.3. The number of phenolic OH excluding ortho intramolecular Hbond substituents is 1. The van der Waals surface area contributed by atoms with Crippen molar-refractivity contribution in [1.82, 2.24) is 4.90 Å². The van der Waals surface area contributed by atoms with Crippen molar-refractivity contribution in [3.05, 3.63) is 23.8 Å². The van der Waals surface area contributed by atoms with Gasteiger partial charge in [-0.3, -0.25) is 0 Å². The van der Waals surface area contributed by atoms with Crippen LogP contribution in [-0.2, 0) is 0 Å². The number of amides is 2. The number of likely N-dealkylation sites (tertiary alicyclic amines) is 1. The first kappa shape index (κ1) is 14.2. The Hall–Kier alpha value is -2.24. The topological polar surface area (TPSA) is 89.9 Å². The number of hydrogen-bond donors (Lipinski definition) is 3. The average molecular weight is 278 g/mol. The zero-order chi connectivity index (χ0) is 14.7. The number of carboxylic acid groups (broad SMARTS) is 1. The first-order chi connectivity index (χ1) is 9.52. The summed E-state index contributed by atoms with van der Waals surface area (Å²) in [5, 5.41) is 21.0. The Kier molecular flexibility index (Phi) is 4.12. The maximum absolute atomic E-state index is 12.2. The van der Waals surface area contributed by atoms with Gasteiger partial charge in [-0.25, -0.2) is 9.59 Å². The lowest BCUT2D eigenvalue weighted by atomic mass is 10.1. The van der Waals surface area contributed by atoms with Gasteiger partial charge < -0.3 is 20.4 Å². The molecule has 1 atom stereocenters. The van der Waals surface area contributed by atoms with E-state index in [1.165, 1.54) is 12.1 Å². The molecule has 0 radical (unpaired) electrons. The van der Waals surface area contributed by atoms with E-state index in [-0.39, 0.29) is 29.1 Å². The summed E-state index contributed by atoms with van der Waals surface area (Å²) >= 11 is 0. The Labute approximate surface area is 117 Å². The number of aromatic carboxylic acids is 1. The molecule has 108 valence electrons. The average Bonchev–Trinajstić information content (AvgIpc) is 2.89. The lowest BCUT2D eigenvalue weighted by Gasteiger charge is -2.24. The van der Waals surface area contributed by atoms with Crippen LogP contribution in [0.3, 0.4) is 0 Å². The minimum Gasteiger partial charge on any atom is -0.508 e. The van der Waals surface area contributed by atoms with Crippen molar-refractivity contribution in [2.45, 2.75) is 32.2 Å². The van der Waals surface area contributed by atoms with E-state index >= 15 is 0 Å². The zero-order valence-electron chi connectivity index (χ0n) is 11.3. The number of rotatable bonds is 3. The Morgan fingerprint density at radius 1 is 1.45 bits per heavy atom. The second-order valence-electron chi connectivity index (χ2n) is 4.86. The van der Waals surface area contributed by atoms with Gasteiger partial charge in [0.05, 0.1) is 11.3 Å². The van der Waals surface area contributed by atoms with Gasteiger partial charge in [-0.1, -0.05) is 6.92 Å². The smallest absolute Gasteiger partial charge is 0.337 e. The lowest BCUT2D eigenvalue weighted by molar-refractivity contribution is 0.0697. The number of carbonyl (C=O) groups is 2. The SMILES string of the molecule is CCC1CCCN1C(=O)Nc1ccc(O)cc1C(=O)O. The van der Waals surface area contributed by atoms with E-state index < -0.39 is 5.97 Å². The second-order valence-corrected chi connectivity index (χ2v) is 4.86. The summed E-state index contributed by atoms with van der Waals surface area (Å²) in [4.78, 5) is 25.1. The number of anilines is 1. The van der Waals surface area contributed by atoms with Gasteiger partial charge in [-0.05, 0) is 37.5 Å². The van der Waals surface area contributed by atoms with Crippen LogP contribution in [0.1, 0.15) is 36.5 Å². The molecule has 0 saturated carbocycles. The van der Waals surface area contributed by atoms with Gasteiger partial charge >= 0.3 is 12.0 Å². The number of aromatic hydroxyl groups is 1. The van der Waals surface area contributed by atoms with Crippen molar-refractivity contribution in [3.8, 4) is 5.75 Å². The van der Waals surface area contributed by atoms with E-state index in [0.29, 0.717) is 6.54 Å². The predicted octanol–water partition coefficient (Wildman–Crippen LogP) is 2.50. The molecule has 6 heteroatoms. The van der Waals surface area contributed by atoms with E-state index in [1.807, 2.05) is 6.92 Å². The first-order valence-corrected chi connectivity index (χ1v) is 6.67. The van der Waals surface area contributed by atoms with Gasteiger partial charge in [-0.2, -0.15) is 0 Å². The normalized spacial score (nSPS) is 18.1. The fourth-order valence-corrected chi connectivity index (χ4v) is 2.53. The highest BCUT2D eigenvalue weighted by Gasteiger charge is 2.28. The van der Waals surface area contributed by atoms with E-state index in [9.17, 15) is 14.7 Å². The summed E-state index contributed by atoms with van der Waals surface area (Å²) in [5.41, 5.74) is 0.0765. The van der Waals surface area contributed by atoms with Crippen LogP contribution in [0.4, 0.5) is 10.5 Å². The van der Waals surface area contributed by atoms with Gasteiger partial charge in [-0.15, -0.1) is 0 Å². The molecule has 6 nitrogen and oxygen atoms in total. The minimum atomic E-state index is -1.19. The Balaban J connectivity index is 2.17. The van der Waals surface area contributed by atoms with Crippen LogP contribution in [0, 0.1) is 0 Å². The van der Waals surface area contributed by atoms with Crippen LogP contribution in [0.15, 0.2) is 18.2 Å². The lowest BCUT2D eigenvalue weighted by Crippen LogP contribution is -2.38. The van der Waals surface area contributed by atoms with Crippen molar-refractivity contribution >= 4 is 17.7 Å². The third-order valence-electron chi connectivity index (χ3n) is 3.58. The highest BCUT2D eigenvalue weighted by atomic mass is 16.4. The number of nitrogens with zero attached hydrogens (tertiary/aromatic N) is 1. The molecular weight excluding hydrogens is 260 g/mol. The molecule has 0 spiro atoms. The molecule has 3 N–H and O–H groups in total. The van der Waals surface area contributed by atoms with Crippen molar-refractivity contribution in [2.24, 2.45) is 0 Å². The van der Waals surface area contributed by atoms with E-state index in [1.54, 1.807) is 4.90 Å². The van der Waals surface area contributed by atoms with Crippen LogP contribution < -0.4 is 5.32 Å². The van der Waals surface area contributed by atoms with Gasteiger partial charge in [0.2, 0.25) is 0 Å². The van der Waals surface area contributed by atoms with Crippen molar-refractivity contribution in [2.75, 3.05) is 11.9 Å². The molecule has 1 aliphatic heterocycles. The molecule has 20 heavy (non-hydrogen) atoms. The highest BCUT2D eigenvalue weighted by molar-refractivity contribution is 6.00. The quantitative estimate of drug-likeness (QED) is 0.741. The van der Waals surface area contributed by atoms with Crippen molar-refractivity contribution in [3.63, 3.8) is 0 Å². The third-order valence-corrected chi connectivity index (χ3v) is 3.58. The van der Waals surface area contributed by atoms with Crippen LogP contribution in [-0.4, -0.2) is 39.7 Å². The van der Waals surface area contributed by atoms with Gasteiger partial charge in [0.25, 0.3) is 0 Å². The summed E-state index contributed by atoms with van der Waals surface area (Å²) < 4.78 is 0. The second kappa shape index (κ2) is 5.81. The molecular formula is C14H18N2O4. The summed E-state index contributed by atoms with van der Waals surface area (Å²) in [7, 11) is 0. The van der Waals surface area contributed by atoms with Crippen LogP contribution in [0.2, 0.25) is 0 Å². The number of nitrogens with one attached hydrogen (secondary N) is 1. The van der Waals surface area contributed by atoms with Crippen molar-refractivity contribution < 1.29 is 19.8 Å². The Morgan fingerprint density at radius 2 is 2.20 bits per heavy atom. The molecule has 1 aliphatic rings. The molecule has 1 fully saturated rings. The molecule has 2 amide bonds. The fraction of sp³-hybridized carbons (Fsp3) is 0.429. The van der Waals surface area contributed by atoms with E-state index in [4.69, 9.17) is 5.11 Å². The van der Waals surface area contributed by atoms with Crippen LogP contribution in [0.5, 0.6) is 5.75 Å². The Morgan fingerprint density at radius 3 is 2.85 bits per heavy atom. The van der Waals surface area contributed by atoms with Crippen LogP contribution >= 0.6 is 0 Å². The number of carboxylic acids is 1. The molecule has 1 unspecified atom stereocenters. The van der Waals surface area contributed by atoms with E-state index in [0.717, 1.165) is 25.3 Å². The van der Waals surface area contributed by atoms with E-state index in [2.05, 4.69) is 5.32 Å². The summed E-state index contributed by atoms with van der Waals surface area (Å²) in [5.74, 6) is -1.34. The molecule has 0 aromatic heterocycles. The van der Waals surface area contributed by atoms with Gasteiger partial charge in [0, 0.05) is 12.6 Å². The monoisotopic (exact) mass is 278 g/mol. The Bertz CT molecular complexity index is 530. The maximum atomic E-state index is 12.2. The standard InChI is InChI=1S/C14H18N2O4/c1-2-9-4-3-7-16(9)14(20)15-12-6-5-10(17)8-11(12)13(18)19/h5-6,8-9,17H,2-4,7H2,1H3,(H,15,20)(H,18,19). The molecule has 0 aliphatic carbocycles. The number of benzene rings is 1. The molecule has 1 aromatic carbocycles. The predicted molar refractivity (Wildman–Crippen MR) is 74.1 cm³/mol. The highest BCUT2D eigenvalue weighted by Crippen LogP contribution is 2.24. The van der Waals surface area contributed by atoms with Gasteiger partial charge in [0.15, 0.2) is 0 Å².